The number of aliphatic carboxylic acids is 1. The van der Waals surface area contributed by atoms with Crippen LogP contribution in [0.25, 0.3) is 0 Å². The highest BCUT2D eigenvalue weighted by atomic mass is 16.4. The van der Waals surface area contributed by atoms with Crippen LogP contribution in [0, 0.1) is 0 Å². The molecule has 3 heterocycles. The molecule has 108 valence electrons. The highest BCUT2D eigenvalue weighted by Gasteiger charge is 2.41. The zero-order chi connectivity index (χ0) is 14.3. The van der Waals surface area contributed by atoms with Gasteiger partial charge in [0.1, 0.15) is 12.4 Å². The van der Waals surface area contributed by atoms with Crippen molar-refractivity contribution in [2.45, 2.75) is 31.7 Å². The Labute approximate surface area is 114 Å². The summed E-state index contributed by atoms with van der Waals surface area (Å²) in [6.07, 6.45) is 0.899. The summed E-state index contributed by atoms with van der Waals surface area (Å²) in [7, 11) is 0. The van der Waals surface area contributed by atoms with E-state index in [0.717, 1.165) is 0 Å². The van der Waals surface area contributed by atoms with Crippen molar-refractivity contribution in [2.24, 2.45) is 0 Å². The molecular weight excluding hydrogens is 266 g/mol. The maximum absolute atomic E-state index is 12.4. The lowest BCUT2D eigenvalue weighted by molar-refractivity contribution is -0.141. The van der Waals surface area contributed by atoms with Gasteiger partial charge in [0, 0.05) is 26.1 Å². The van der Waals surface area contributed by atoms with Crippen LogP contribution < -0.4 is 0 Å². The summed E-state index contributed by atoms with van der Waals surface area (Å²) in [4.78, 5) is 26.3. The van der Waals surface area contributed by atoms with Gasteiger partial charge in [0.2, 0.25) is 0 Å². The van der Waals surface area contributed by atoms with Crippen LogP contribution in [0.15, 0.2) is 6.33 Å². The van der Waals surface area contributed by atoms with E-state index in [9.17, 15) is 14.7 Å². The summed E-state index contributed by atoms with van der Waals surface area (Å²) in [5.41, 5.74) is 0. The minimum Gasteiger partial charge on any atom is -0.480 e. The molecule has 1 fully saturated rings. The summed E-state index contributed by atoms with van der Waals surface area (Å²) in [6, 6.07) is -1.33. The molecule has 9 nitrogen and oxygen atoms in total. The molecule has 2 aliphatic rings. The largest absolute Gasteiger partial charge is 0.480 e. The number of urea groups is 1. The molecule has 0 saturated carbocycles. The Hall–Kier alpha value is -2.16. The number of carbonyl (C=O) groups is 2. The number of likely N-dealkylation sites (tertiary alicyclic amines) is 1. The normalized spacial score (nSPS) is 25.6. The molecule has 2 N–H and O–H groups in total. The molecule has 0 aliphatic carbocycles. The summed E-state index contributed by atoms with van der Waals surface area (Å²) in [5.74, 6) is -0.411. The van der Waals surface area contributed by atoms with Crippen molar-refractivity contribution in [3.63, 3.8) is 0 Å². The number of nitrogens with zero attached hydrogens (tertiary/aromatic N) is 5. The molecule has 0 radical (unpaired) electrons. The number of amides is 2. The third kappa shape index (κ3) is 2.09. The number of carboxylic acid groups (broad SMARTS) is 1. The zero-order valence-corrected chi connectivity index (χ0v) is 10.7. The number of carboxylic acids is 1. The molecule has 0 bridgehead atoms. The Kier molecular flexibility index (Phi) is 3.05. The monoisotopic (exact) mass is 281 g/mol. The van der Waals surface area contributed by atoms with Gasteiger partial charge in [-0.1, -0.05) is 0 Å². The summed E-state index contributed by atoms with van der Waals surface area (Å²) in [5, 5.41) is 26.4. The second kappa shape index (κ2) is 4.75. The number of aliphatic hydroxyl groups is 1. The predicted molar refractivity (Wildman–Crippen MR) is 64.6 cm³/mol. The van der Waals surface area contributed by atoms with Gasteiger partial charge in [0.25, 0.3) is 0 Å². The summed E-state index contributed by atoms with van der Waals surface area (Å²) in [6.45, 7) is 1.42. The van der Waals surface area contributed by atoms with Gasteiger partial charge in [-0.15, -0.1) is 10.2 Å². The van der Waals surface area contributed by atoms with Gasteiger partial charge in [0.05, 0.1) is 12.6 Å². The minimum atomic E-state index is -1.09. The van der Waals surface area contributed by atoms with E-state index in [1.54, 1.807) is 6.33 Å². The van der Waals surface area contributed by atoms with E-state index in [2.05, 4.69) is 10.2 Å². The first kappa shape index (κ1) is 12.9. The third-order valence-corrected chi connectivity index (χ3v) is 3.72. The van der Waals surface area contributed by atoms with Crippen LogP contribution in [0.2, 0.25) is 0 Å². The summed E-state index contributed by atoms with van der Waals surface area (Å²) >= 11 is 0. The number of β-amino-alcohol motifs (C(OH)–C–C–N with tert-alkyl or cyclic N) is 1. The molecule has 9 heteroatoms. The first-order valence-electron chi connectivity index (χ1n) is 6.39. The van der Waals surface area contributed by atoms with Crippen LogP contribution >= 0.6 is 0 Å². The first-order chi connectivity index (χ1) is 9.56. The van der Waals surface area contributed by atoms with Crippen LogP contribution in [0.5, 0.6) is 0 Å². The number of hydrogen-bond donors (Lipinski definition) is 2. The smallest absolute Gasteiger partial charge is 0.326 e. The standard InChI is InChI=1S/C11H15N5O4/c17-7-3-8(10(18)19)16(4-7)11(20)14-1-2-15-6-12-13-9(15)5-14/h6-8,17H,1-5H2,(H,18,19)/t7-,8-/m1/s1. The van der Waals surface area contributed by atoms with Crippen molar-refractivity contribution in [1.82, 2.24) is 24.6 Å². The molecule has 2 amide bonds. The van der Waals surface area contributed by atoms with Crippen LogP contribution in [-0.4, -0.2) is 72.0 Å². The molecule has 1 aromatic rings. The van der Waals surface area contributed by atoms with Crippen LogP contribution in [-0.2, 0) is 17.9 Å². The lowest BCUT2D eigenvalue weighted by Gasteiger charge is -2.32. The fraction of sp³-hybridized carbons (Fsp3) is 0.636. The first-order valence-corrected chi connectivity index (χ1v) is 6.39. The molecule has 20 heavy (non-hydrogen) atoms. The van der Waals surface area contributed by atoms with Gasteiger partial charge >= 0.3 is 12.0 Å². The van der Waals surface area contributed by atoms with E-state index in [4.69, 9.17) is 5.11 Å². The Morgan fingerprint density at radius 3 is 2.90 bits per heavy atom. The fourth-order valence-electron chi connectivity index (χ4n) is 2.67. The number of hydrogen-bond acceptors (Lipinski definition) is 5. The number of aliphatic hydroxyl groups excluding tert-OH is 1. The predicted octanol–water partition coefficient (Wildman–Crippen LogP) is -1.27. The van der Waals surface area contributed by atoms with Crippen LogP contribution in [0.1, 0.15) is 12.2 Å². The highest BCUT2D eigenvalue weighted by molar-refractivity contribution is 5.83. The van der Waals surface area contributed by atoms with Crippen molar-refractivity contribution < 1.29 is 19.8 Å². The van der Waals surface area contributed by atoms with Crippen molar-refractivity contribution in [3.05, 3.63) is 12.2 Å². The molecule has 3 rings (SSSR count). The van der Waals surface area contributed by atoms with Gasteiger partial charge < -0.3 is 24.6 Å². The molecule has 2 atom stereocenters. The molecular formula is C11H15N5O4. The van der Waals surface area contributed by atoms with E-state index in [0.29, 0.717) is 25.5 Å². The van der Waals surface area contributed by atoms with Gasteiger partial charge in [-0.2, -0.15) is 0 Å². The second-order valence-corrected chi connectivity index (χ2v) is 5.04. The van der Waals surface area contributed by atoms with E-state index in [1.807, 2.05) is 4.57 Å². The van der Waals surface area contributed by atoms with Crippen LogP contribution in [0.3, 0.4) is 0 Å². The molecule has 1 aromatic heterocycles. The zero-order valence-electron chi connectivity index (χ0n) is 10.7. The Morgan fingerprint density at radius 2 is 2.15 bits per heavy atom. The number of rotatable bonds is 1. The number of fused-ring (bicyclic) bond motifs is 1. The Bertz CT molecular complexity index is 545. The molecule has 0 aromatic carbocycles. The van der Waals surface area contributed by atoms with E-state index in [-0.39, 0.29) is 19.0 Å². The van der Waals surface area contributed by atoms with E-state index >= 15 is 0 Å². The lowest BCUT2D eigenvalue weighted by atomic mass is 10.2. The van der Waals surface area contributed by atoms with Crippen molar-refractivity contribution >= 4 is 12.0 Å². The van der Waals surface area contributed by atoms with Gasteiger partial charge in [-0.05, 0) is 0 Å². The maximum atomic E-state index is 12.4. The minimum absolute atomic E-state index is 0.0546. The van der Waals surface area contributed by atoms with Gasteiger partial charge in [0.15, 0.2) is 5.82 Å². The average molecular weight is 281 g/mol. The average Bonchev–Trinajstić information content (AvgIpc) is 3.02. The van der Waals surface area contributed by atoms with Gasteiger partial charge in [-0.25, -0.2) is 9.59 Å². The van der Waals surface area contributed by atoms with Crippen molar-refractivity contribution in [3.8, 4) is 0 Å². The quantitative estimate of drug-likeness (QED) is 0.664. The van der Waals surface area contributed by atoms with E-state index < -0.39 is 18.1 Å². The van der Waals surface area contributed by atoms with Gasteiger partial charge in [-0.3, -0.25) is 0 Å². The lowest BCUT2D eigenvalue weighted by Crippen LogP contribution is -2.50. The number of aromatic nitrogens is 3. The van der Waals surface area contributed by atoms with Crippen LogP contribution in [0.4, 0.5) is 4.79 Å². The topological polar surface area (TPSA) is 112 Å². The van der Waals surface area contributed by atoms with Crippen molar-refractivity contribution in [2.75, 3.05) is 13.1 Å². The summed E-state index contributed by atoms with van der Waals surface area (Å²) < 4.78 is 1.86. The Morgan fingerprint density at radius 1 is 1.35 bits per heavy atom. The highest BCUT2D eigenvalue weighted by Crippen LogP contribution is 2.21. The Balaban J connectivity index is 1.74. The fourth-order valence-corrected chi connectivity index (χ4v) is 2.67. The SMILES string of the molecule is O=C(O)[C@H]1C[C@@H](O)CN1C(=O)N1CCn2cnnc2C1. The maximum Gasteiger partial charge on any atom is 0.326 e. The number of carbonyl (C=O) groups excluding carboxylic acids is 1. The molecule has 0 unspecified atom stereocenters. The third-order valence-electron chi connectivity index (χ3n) is 3.72. The van der Waals surface area contributed by atoms with Crippen molar-refractivity contribution in [1.29, 1.82) is 0 Å². The van der Waals surface area contributed by atoms with E-state index in [1.165, 1.54) is 9.80 Å². The molecule has 0 spiro atoms. The second-order valence-electron chi connectivity index (χ2n) is 5.04. The molecule has 1 saturated heterocycles. The molecule has 2 aliphatic heterocycles.